The lowest BCUT2D eigenvalue weighted by Crippen LogP contribution is -2.52. The molecule has 0 bridgehead atoms. The van der Waals surface area contributed by atoms with Crippen LogP contribution in [0.5, 0.6) is 0 Å². The Labute approximate surface area is 122 Å². The van der Waals surface area contributed by atoms with Crippen molar-refractivity contribution >= 4 is 12.1 Å². The van der Waals surface area contributed by atoms with Crippen LogP contribution >= 0.6 is 0 Å². The third-order valence-electron chi connectivity index (χ3n) is 3.80. The molecule has 2 N–H and O–H groups in total. The van der Waals surface area contributed by atoms with Gasteiger partial charge in [-0.15, -0.1) is 0 Å². The summed E-state index contributed by atoms with van der Waals surface area (Å²) in [5, 5.41) is 18.1. The van der Waals surface area contributed by atoms with Crippen molar-refractivity contribution in [1.82, 2.24) is 4.90 Å². The highest BCUT2D eigenvalue weighted by Gasteiger charge is 2.44. The van der Waals surface area contributed by atoms with E-state index in [0.717, 1.165) is 12.0 Å². The fraction of sp³-hybridized carbons (Fsp3) is 0.467. The van der Waals surface area contributed by atoms with Crippen LogP contribution in [-0.4, -0.2) is 52.5 Å². The van der Waals surface area contributed by atoms with Crippen molar-refractivity contribution in [2.24, 2.45) is 0 Å². The molecule has 0 saturated carbocycles. The Bertz CT molecular complexity index is 504. The highest BCUT2D eigenvalue weighted by Crippen LogP contribution is 2.33. The first-order chi connectivity index (χ1) is 10.0. The summed E-state index contributed by atoms with van der Waals surface area (Å²) in [4.78, 5) is 23.4. The molecule has 0 unspecified atom stereocenters. The minimum absolute atomic E-state index is 0.0977. The molecular formula is C15H19NO5. The lowest BCUT2D eigenvalue weighted by atomic mass is 9.89. The minimum atomic E-state index is -1.05. The van der Waals surface area contributed by atoms with Crippen molar-refractivity contribution in [3.63, 3.8) is 0 Å². The van der Waals surface area contributed by atoms with Crippen LogP contribution < -0.4 is 0 Å². The molecule has 21 heavy (non-hydrogen) atoms. The molecule has 2 rings (SSSR count). The van der Waals surface area contributed by atoms with E-state index in [1.807, 2.05) is 30.3 Å². The highest BCUT2D eigenvalue weighted by molar-refractivity contribution is 5.68. The van der Waals surface area contributed by atoms with Gasteiger partial charge in [-0.2, -0.15) is 0 Å². The molecule has 0 spiro atoms. The number of rotatable bonds is 6. The predicted molar refractivity (Wildman–Crippen MR) is 75.3 cm³/mol. The van der Waals surface area contributed by atoms with E-state index in [1.165, 1.54) is 4.90 Å². The number of amides is 1. The number of hydrogen-bond donors (Lipinski definition) is 2. The maximum Gasteiger partial charge on any atom is 0.407 e. The Morgan fingerprint density at radius 2 is 1.95 bits per heavy atom. The Hall–Kier alpha value is -2.08. The first-order valence-electron chi connectivity index (χ1n) is 6.87. The first kappa shape index (κ1) is 15.3. The Morgan fingerprint density at radius 1 is 1.24 bits per heavy atom. The number of carbonyl (C=O) groups is 2. The smallest absolute Gasteiger partial charge is 0.407 e. The van der Waals surface area contributed by atoms with E-state index < -0.39 is 24.2 Å². The predicted octanol–water partition coefficient (Wildman–Crippen LogP) is 1.84. The van der Waals surface area contributed by atoms with Crippen LogP contribution in [0.15, 0.2) is 30.3 Å². The second-order valence-corrected chi connectivity index (χ2v) is 5.31. The summed E-state index contributed by atoms with van der Waals surface area (Å²) in [6.45, 7) is 0.142. The molecule has 1 saturated heterocycles. The fourth-order valence-electron chi connectivity index (χ4n) is 2.93. The monoisotopic (exact) mass is 293 g/mol. The van der Waals surface area contributed by atoms with Crippen molar-refractivity contribution in [3.05, 3.63) is 35.9 Å². The number of benzene rings is 1. The van der Waals surface area contributed by atoms with E-state index in [-0.39, 0.29) is 6.61 Å². The molecule has 1 aromatic rings. The van der Waals surface area contributed by atoms with Crippen LogP contribution in [0.2, 0.25) is 0 Å². The summed E-state index contributed by atoms with van der Waals surface area (Å²) in [6.07, 6.45) is 0.978. The van der Waals surface area contributed by atoms with E-state index in [4.69, 9.17) is 9.84 Å². The molecule has 114 valence electrons. The van der Waals surface area contributed by atoms with Crippen LogP contribution in [-0.2, 0) is 16.0 Å². The van der Waals surface area contributed by atoms with E-state index in [0.29, 0.717) is 19.4 Å². The third kappa shape index (κ3) is 3.72. The molecule has 1 atom stereocenters. The molecule has 0 aromatic heterocycles. The van der Waals surface area contributed by atoms with Crippen LogP contribution in [0, 0.1) is 0 Å². The largest absolute Gasteiger partial charge is 0.480 e. The van der Waals surface area contributed by atoms with Gasteiger partial charge >= 0.3 is 12.1 Å². The maximum atomic E-state index is 11.5. The van der Waals surface area contributed by atoms with Gasteiger partial charge in [0.15, 0.2) is 0 Å². The molecule has 1 aliphatic heterocycles. The summed E-state index contributed by atoms with van der Waals surface area (Å²) >= 11 is 0. The zero-order chi connectivity index (χ0) is 15.3. The molecule has 1 heterocycles. The summed E-state index contributed by atoms with van der Waals surface area (Å²) in [5.74, 6) is -1.05. The number of carboxylic acid groups (broad SMARTS) is 2. The lowest BCUT2D eigenvalue weighted by molar-refractivity contribution is -0.143. The van der Waals surface area contributed by atoms with Gasteiger partial charge in [0, 0.05) is 6.54 Å². The van der Waals surface area contributed by atoms with Crippen molar-refractivity contribution in [2.75, 3.05) is 19.8 Å². The zero-order valence-electron chi connectivity index (χ0n) is 11.7. The SMILES string of the molecule is O=C(O)COC[C@@]1(Cc2ccccc2)CCCN1C(=O)O. The summed E-state index contributed by atoms with van der Waals surface area (Å²) in [5.41, 5.74) is 0.340. The van der Waals surface area contributed by atoms with Crippen LogP contribution in [0.4, 0.5) is 4.79 Å². The number of ether oxygens (including phenoxy) is 1. The Balaban J connectivity index is 2.17. The molecule has 6 nitrogen and oxygen atoms in total. The first-order valence-corrected chi connectivity index (χ1v) is 6.87. The van der Waals surface area contributed by atoms with Gasteiger partial charge in [0.25, 0.3) is 0 Å². The molecular weight excluding hydrogens is 274 g/mol. The van der Waals surface area contributed by atoms with Crippen LogP contribution in [0.3, 0.4) is 0 Å². The minimum Gasteiger partial charge on any atom is -0.480 e. The topological polar surface area (TPSA) is 87.1 Å². The van der Waals surface area contributed by atoms with Crippen molar-refractivity contribution in [1.29, 1.82) is 0 Å². The summed E-state index contributed by atoms with van der Waals surface area (Å²) < 4.78 is 5.23. The van der Waals surface area contributed by atoms with E-state index in [9.17, 15) is 14.7 Å². The molecule has 1 fully saturated rings. The number of carboxylic acids is 1. The Kier molecular flexibility index (Phi) is 4.80. The summed E-state index contributed by atoms with van der Waals surface area (Å²) in [7, 11) is 0. The average Bonchev–Trinajstić information content (AvgIpc) is 2.83. The van der Waals surface area contributed by atoms with Gasteiger partial charge < -0.3 is 19.8 Å². The maximum absolute atomic E-state index is 11.5. The quantitative estimate of drug-likeness (QED) is 0.835. The summed E-state index contributed by atoms with van der Waals surface area (Å²) in [6, 6.07) is 9.59. The van der Waals surface area contributed by atoms with Crippen LogP contribution in [0.25, 0.3) is 0 Å². The molecule has 1 amide bonds. The van der Waals surface area contributed by atoms with E-state index in [1.54, 1.807) is 0 Å². The van der Waals surface area contributed by atoms with Gasteiger partial charge in [-0.25, -0.2) is 9.59 Å². The number of nitrogens with zero attached hydrogens (tertiary/aromatic N) is 1. The Morgan fingerprint density at radius 3 is 2.57 bits per heavy atom. The highest BCUT2D eigenvalue weighted by atomic mass is 16.5. The standard InChI is InChI=1S/C15H19NO5/c17-13(18)10-21-11-15(7-4-8-16(15)14(19)20)9-12-5-2-1-3-6-12/h1-3,5-6H,4,7-11H2,(H,17,18)(H,19,20)/t15-/m0/s1. The zero-order valence-corrected chi connectivity index (χ0v) is 11.7. The molecule has 0 radical (unpaired) electrons. The van der Waals surface area contributed by atoms with Gasteiger partial charge in [-0.05, 0) is 24.8 Å². The van der Waals surface area contributed by atoms with Gasteiger partial charge in [0.1, 0.15) is 6.61 Å². The number of aliphatic carboxylic acids is 1. The van der Waals surface area contributed by atoms with Crippen molar-refractivity contribution in [2.45, 2.75) is 24.8 Å². The van der Waals surface area contributed by atoms with E-state index in [2.05, 4.69) is 0 Å². The second-order valence-electron chi connectivity index (χ2n) is 5.31. The van der Waals surface area contributed by atoms with Crippen molar-refractivity contribution in [3.8, 4) is 0 Å². The van der Waals surface area contributed by atoms with Gasteiger partial charge in [0.05, 0.1) is 12.1 Å². The van der Waals surface area contributed by atoms with E-state index >= 15 is 0 Å². The van der Waals surface area contributed by atoms with Gasteiger partial charge in [0.2, 0.25) is 0 Å². The molecule has 6 heteroatoms. The lowest BCUT2D eigenvalue weighted by Gasteiger charge is -2.36. The third-order valence-corrected chi connectivity index (χ3v) is 3.80. The van der Waals surface area contributed by atoms with Gasteiger partial charge in [-0.3, -0.25) is 0 Å². The number of likely N-dealkylation sites (tertiary alicyclic amines) is 1. The van der Waals surface area contributed by atoms with Crippen molar-refractivity contribution < 1.29 is 24.5 Å². The normalized spacial score (nSPS) is 21.4. The van der Waals surface area contributed by atoms with Crippen LogP contribution in [0.1, 0.15) is 18.4 Å². The molecule has 1 aromatic carbocycles. The average molecular weight is 293 g/mol. The molecule has 0 aliphatic carbocycles. The van der Waals surface area contributed by atoms with Gasteiger partial charge in [-0.1, -0.05) is 30.3 Å². The fourth-order valence-corrected chi connectivity index (χ4v) is 2.93. The second kappa shape index (κ2) is 6.58. The number of hydrogen-bond acceptors (Lipinski definition) is 3. The molecule has 1 aliphatic rings.